The number of carbonyl (C=O) groups excluding carboxylic acids is 3. The van der Waals surface area contributed by atoms with Crippen LogP contribution in [-0.4, -0.2) is 36.0 Å². The van der Waals surface area contributed by atoms with Crippen molar-refractivity contribution in [2.45, 2.75) is 20.8 Å². The molecule has 0 radical (unpaired) electrons. The van der Waals surface area contributed by atoms with Gasteiger partial charge in [0.05, 0.1) is 11.1 Å². The second-order valence-corrected chi connectivity index (χ2v) is 8.41. The third kappa shape index (κ3) is 5.96. The molecule has 1 aliphatic heterocycles. The van der Waals surface area contributed by atoms with Crippen LogP contribution in [-0.2, 0) is 14.4 Å². The van der Waals surface area contributed by atoms with Gasteiger partial charge < -0.3 is 14.8 Å². The van der Waals surface area contributed by atoms with E-state index in [1.165, 1.54) is 6.08 Å². The molecule has 1 aliphatic rings. The zero-order chi connectivity index (χ0) is 24.1. The molecule has 3 amide bonds. The van der Waals surface area contributed by atoms with Crippen molar-refractivity contribution in [1.29, 1.82) is 0 Å². The molecule has 2 aromatic rings. The summed E-state index contributed by atoms with van der Waals surface area (Å²) in [7, 11) is 0. The number of benzene rings is 2. The first-order valence-electron chi connectivity index (χ1n) is 10.0. The number of hydrogen-bond acceptors (Lipinski definition) is 6. The highest BCUT2D eigenvalue weighted by atomic mass is 79.9. The minimum absolute atomic E-state index is 0.0405. The molecule has 0 unspecified atom stereocenters. The normalized spacial score (nSPS) is 13.2. The summed E-state index contributed by atoms with van der Waals surface area (Å²) in [6, 6.07) is 8.94. The lowest BCUT2D eigenvalue weighted by molar-refractivity contribution is -0.123. The largest absolute Gasteiger partial charge is 0.490 e. The van der Waals surface area contributed by atoms with Crippen molar-refractivity contribution in [3.05, 3.63) is 57.1 Å². The molecule has 0 aromatic heterocycles. The summed E-state index contributed by atoms with van der Waals surface area (Å²) < 4.78 is 11.9. The summed E-state index contributed by atoms with van der Waals surface area (Å²) in [5, 5.41) is 7.57. The minimum atomic E-state index is -0.596. The van der Waals surface area contributed by atoms with Gasteiger partial charge in [-0.1, -0.05) is 12.1 Å². The summed E-state index contributed by atoms with van der Waals surface area (Å²) in [6.45, 7) is 5.81. The fraction of sp³-hybridized carbons (Fsp3) is 0.217. The Morgan fingerprint density at radius 2 is 1.85 bits per heavy atom. The minimum Gasteiger partial charge on any atom is -0.490 e. The van der Waals surface area contributed by atoms with Crippen molar-refractivity contribution in [3.8, 4) is 11.5 Å². The van der Waals surface area contributed by atoms with Gasteiger partial charge in [-0.3, -0.25) is 25.0 Å². The summed E-state index contributed by atoms with van der Waals surface area (Å²) in [5.74, 6) is -0.836. The van der Waals surface area contributed by atoms with Crippen LogP contribution in [0, 0.1) is 13.8 Å². The van der Waals surface area contributed by atoms with Crippen LogP contribution in [0.1, 0.15) is 23.6 Å². The second-order valence-electron chi connectivity index (χ2n) is 7.14. The molecule has 0 spiro atoms. The predicted octanol–water partition coefficient (Wildman–Crippen LogP) is 3.40. The van der Waals surface area contributed by atoms with Gasteiger partial charge in [0.2, 0.25) is 0 Å². The Balaban J connectivity index is 1.80. The first-order valence-corrected chi connectivity index (χ1v) is 11.2. The smallest absolute Gasteiger partial charge is 0.263 e. The number of carbonyl (C=O) groups is 3. The van der Waals surface area contributed by atoms with Gasteiger partial charge in [-0.05, 0) is 89.9 Å². The Morgan fingerprint density at radius 1 is 1.15 bits per heavy atom. The Morgan fingerprint density at radius 3 is 2.52 bits per heavy atom. The summed E-state index contributed by atoms with van der Waals surface area (Å²) >= 11 is 8.23. The second kappa shape index (κ2) is 10.6. The van der Waals surface area contributed by atoms with Crippen molar-refractivity contribution < 1.29 is 23.9 Å². The SMILES string of the molecule is CCOc1cc(C=C2C(=O)NC(=S)NC2=O)cc(Br)c1OCC(=O)Nc1cccc(C)c1C. The molecule has 172 valence electrons. The maximum atomic E-state index is 12.5. The molecule has 1 heterocycles. The van der Waals surface area contributed by atoms with Gasteiger partial charge in [-0.25, -0.2) is 0 Å². The number of nitrogens with one attached hydrogen (secondary N) is 3. The molecule has 2 aromatic carbocycles. The van der Waals surface area contributed by atoms with E-state index in [0.29, 0.717) is 28.1 Å². The van der Waals surface area contributed by atoms with Crippen LogP contribution in [0.4, 0.5) is 5.69 Å². The van der Waals surface area contributed by atoms with E-state index in [1.54, 1.807) is 19.1 Å². The predicted molar refractivity (Wildman–Crippen MR) is 132 cm³/mol. The lowest BCUT2D eigenvalue weighted by Crippen LogP contribution is -2.51. The first kappa shape index (κ1) is 24.4. The third-order valence-corrected chi connectivity index (χ3v) is 5.61. The Labute approximate surface area is 204 Å². The molecule has 0 bridgehead atoms. The quantitative estimate of drug-likeness (QED) is 0.287. The fourth-order valence-electron chi connectivity index (χ4n) is 3.06. The van der Waals surface area contributed by atoms with E-state index in [-0.39, 0.29) is 23.2 Å². The summed E-state index contributed by atoms with van der Waals surface area (Å²) in [5.41, 5.74) is 3.20. The van der Waals surface area contributed by atoms with Crippen molar-refractivity contribution in [2.24, 2.45) is 0 Å². The maximum absolute atomic E-state index is 12.5. The molecule has 0 aliphatic carbocycles. The van der Waals surface area contributed by atoms with Crippen molar-refractivity contribution in [2.75, 3.05) is 18.5 Å². The van der Waals surface area contributed by atoms with Crippen molar-refractivity contribution in [1.82, 2.24) is 10.6 Å². The zero-order valence-electron chi connectivity index (χ0n) is 18.2. The number of hydrogen-bond donors (Lipinski definition) is 3. The van der Waals surface area contributed by atoms with E-state index in [9.17, 15) is 14.4 Å². The van der Waals surface area contributed by atoms with Gasteiger partial charge in [-0.15, -0.1) is 0 Å². The number of rotatable bonds is 7. The number of thiocarbonyl (C=S) groups is 1. The van der Waals surface area contributed by atoms with Gasteiger partial charge in [-0.2, -0.15) is 0 Å². The summed E-state index contributed by atoms with van der Waals surface area (Å²) in [4.78, 5) is 36.7. The Hall–Kier alpha value is -3.24. The molecule has 3 rings (SSSR count). The van der Waals surface area contributed by atoms with Crippen LogP contribution in [0.25, 0.3) is 6.08 Å². The maximum Gasteiger partial charge on any atom is 0.263 e. The van der Waals surface area contributed by atoms with Crippen LogP contribution in [0.15, 0.2) is 40.4 Å². The molecule has 10 heteroatoms. The molecule has 33 heavy (non-hydrogen) atoms. The topological polar surface area (TPSA) is 106 Å². The van der Waals surface area contributed by atoms with E-state index >= 15 is 0 Å². The Kier molecular flexibility index (Phi) is 7.83. The first-order chi connectivity index (χ1) is 15.7. The zero-order valence-corrected chi connectivity index (χ0v) is 20.6. The van der Waals surface area contributed by atoms with E-state index in [2.05, 4.69) is 31.9 Å². The van der Waals surface area contributed by atoms with Crippen LogP contribution in [0.3, 0.4) is 0 Å². The average Bonchev–Trinajstić information content (AvgIpc) is 2.73. The van der Waals surface area contributed by atoms with Gasteiger partial charge in [0, 0.05) is 5.69 Å². The highest BCUT2D eigenvalue weighted by Gasteiger charge is 2.26. The average molecular weight is 532 g/mol. The number of anilines is 1. The number of halogens is 1. The van der Waals surface area contributed by atoms with Crippen LogP contribution in [0.5, 0.6) is 11.5 Å². The lowest BCUT2D eigenvalue weighted by atomic mass is 10.1. The van der Waals surface area contributed by atoms with Gasteiger partial charge in [0.1, 0.15) is 5.57 Å². The highest BCUT2D eigenvalue weighted by Crippen LogP contribution is 2.37. The van der Waals surface area contributed by atoms with Crippen LogP contribution >= 0.6 is 28.1 Å². The number of amides is 3. The third-order valence-electron chi connectivity index (χ3n) is 4.81. The standard InChI is InChI=1S/C23H22BrN3O5S/c1-4-31-18-10-14(8-15-21(29)26-23(33)27-22(15)30)9-16(24)20(18)32-11-19(28)25-17-7-5-6-12(2)13(17)3/h5-10H,4,11H2,1-3H3,(H,25,28)(H2,26,27,29,30,33). The van der Waals surface area contributed by atoms with E-state index in [0.717, 1.165) is 16.8 Å². The molecular formula is C23H22BrN3O5S. The fourth-order valence-corrected chi connectivity index (χ4v) is 3.82. The van der Waals surface area contributed by atoms with Crippen LogP contribution in [0.2, 0.25) is 0 Å². The highest BCUT2D eigenvalue weighted by molar-refractivity contribution is 9.10. The van der Waals surface area contributed by atoms with E-state index in [4.69, 9.17) is 21.7 Å². The molecule has 8 nitrogen and oxygen atoms in total. The molecular weight excluding hydrogens is 510 g/mol. The van der Waals surface area contributed by atoms with E-state index < -0.39 is 11.8 Å². The molecule has 1 saturated heterocycles. The molecule has 0 atom stereocenters. The molecule has 0 saturated carbocycles. The monoisotopic (exact) mass is 531 g/mol. The van der Waals surface area contributed by atoms with Crippen LogP contribution < -0.4 is 25.4 Å². The molecule has 1 fully saturated rings. The van der Waals surface area contributed by atoms with Gasteiger partial charge >= 0.3 is 0 Å². The number of aryl methyl sites for hydroxylation is 1. The van der Waals surface area contributed by atoms with Gasteiger partial charge in [0.15, 0.2) is 23.2 Å². The van der Waals surface area contributed by atoms with Crippen molar-refractivity contribution in [3.63, 3.8) is 0 Å². The van der Waals surface area contributed by atoms with Crippen molar-refractivity contribution >= 4 is 62.7 Å². The number of ether oxygens (including phenoxy) is 2. The van der Waals surface area contributed by atoms with E-state index in [1.807, 2.05) is 32.0 Å². The Bertz CT molecular complexity index is 1160. The van der Waals surface area contributed by atoms with Gasteiger partial charge in [0.25, 0.3) is 17.7 Å². The lowest BCUT2D eigenvalue weighted by Gasteiger charge is -2.17. The summed E-state index contributed by atoms with van der Waals surface area (Å²) in [6.07, 6.45) is 1.41. The molecule has 3 N–H and O–H groups in total.